The highest BCUT2D eigenvalue weighted by molar-refractivity contribution is 5.86. The molecule has 116 valence electrons. The fourth-order valence-electron chi connectivity index (χ4n) is 2.19. The minimum atomic E-state index is -4.40. The van der Waals surface area contributed by atoms with Gasteiger partial charge in [-0.1, -0.05) is 12.1 Å². The van der Waals surface area contributed by atoms with Gasteiger partial charge in [-0.25, -0.2) is 0 Å². The molecule has 6 heteroatoms. The molecule has 1 atom stereocenters. The van der Waals surface area contributed by atoms with Crippen molar-refractivity contribution < 1.29 is 22.7 Å². The molecule has 1 heterocycles. The maximum absolute atomic E-state index is 12.6. The number of nitrogens with zero attached hydrogens (tertiary/aromatic N) is 1. The molecule has 0 aliphatic heterocycles. The molecule has 2 rings (SSSR count). The quantitative estimate of drug-likeness (QED) is 0.861. The van der Waals surface area contributed by atoms with E-state index in [1.54, 1.807) is 12.1 Å². The first-order valence-electron chi connectivity index (χ1n) is 6.50. The van der Waals surface area contributed by atoms with Crippen LogP contribution in [0.4, 0.5) is 13.2 Å². The summed E-state index contributed by atoms with van der Waals surface area (Å²) in [7, 11) is 1.49. The molecule has 3 nitrogen and oxygen atoms in total. The third kappa shape index (κ3) is 3.44. The Bertz CT molecular complexity index is 666. The molecule has 2 aromatic rings. The minimum absolute atomic E-state index is 0.208. The summed E-state index contributed by atoms with van der Waals surface area (Å²) in [6.07, 6.45) is -2.91. The first-order valence-corrected chi connectivity index (χ1v) is 6.50. The van der Waals surface area contributed by atoms with Crippen molar-refractivity contribution in [3.05, 3.63) is 59.4 Å². The van der Waals surface area contributed by atoms with Crippen LogP contribution in [-0.2, 0) is 11.0 Å². The SMILES string of the molecule is COc1ccnc(C(C(C)=O)c2ccc(C(F)(F)F)cc2)c1. The number of carbonyl (C=O) groups is 1. The molecule has 1 aromatic carbocycles. The number of aromatic nitrogens is 1. The fourth-order valence-corrected chi connectivity index (χ4v) is 2.19. The van der Waals surface area contributed by atoms with Gasteiger partial charge in [-0.15, -0.1) is 0 Å². The Kier molecular flexibility index (Phi) is 4.49. The van der Waals surface area contributed by atoms with Gasteiger partial charge >= 0.3 is 6.18 Å². The molecule has 0 aliphatic rings. The van der Waals surface area contributed by atoms with Crippen LogP contribution in [0.5, 0.6) is 5.75 Å². The number of alkyl halides is 3. The topological polar surface area (TPSA) is 39.2 Å². The lowest BCUT2D eigenvalue weighted by atomic mass is 9.91. The molecule has 1 aromatic heterocycles. The highest BCUT2D eigenvalue weighted by Crippen LogP contribution is 2.32. The molecule has 1 unspecified atom stereocenters. The molecule has 0 saturated carbocycles. The van der Waals surface area contributed by atoms with Crippen LogP contribution >= 0.6 is 0 Å². The van der Waals surface area contributed by atoms with Crippen molar-refractivity contribution in [2.24, 2.45) is 0 Å². The molecule has 0 spiro atoms. The summed E-state index contributed by atoms with van der Waals surface area (Å²) >= 11 is 0. The van der Waals surface area contributed by atoms with E-state index in [1.165, 1.54) is 32.4 Å². The van der Waals surface area contributed by atoms with Gasteiger partial charge in [0.25, 0.3) is 0 Å². The Labute approximate surface area is 125 Å². The number of halogens is 3. The zero-order chi connectivity index (χ0) is 16.3. The third-order valence-electron chi connectivity index (χ3n) is 3.26. The maximum atomic E-state index is 12.6. The molecule has 0 aliphatic carbocycles. The Morgan fingerprint density at radius 1 is 1.18 bits per heavy atom. The van der Waals surface area contributed by atoms with Crippen LogP contribution in [0.3, 0.4) is 0 Å². The molecule has 0 bridgehead atoms. The number of methoxy groups -OCH3 is 1. The number of Topliss-reactive ketones (excluding diaryl/α,β-unsaturated/α-hetero) is 1. The van der Waals surface area contributed by atoms with Crippen molar-refractivity contribution >= 4 is 5.78 Å². The van der Waals surface area contributed by atoms with Crippen LogP contribution in [0, 0.1) is 0 Å². The lowest BCUT2D eigenvalue weighted by Gasteiger charge is -2.15. The second-order valence-electron chi connectivity index (χ2n) is 4.78. The second-order valence-corrected chi connectivity index (χ2v) is 4.78. The van der Waals surface area contributed by atoms with Crippen molar-refractivity contribution in [2.45, 2.75) is 19.0 Å². The molecule has 22 heavy (non-hydrogen) atoms. The van der Waals surface area contributed by atoms with Crippen LogP contribution in [-0.4, -0.2) is 17.9 Å². The highest BCUT2D eigenvalue weighted by Gasteiger charge is 2.31. The summed E-state index contributed by atoms with van der Waals surface area (Å²) in [5, 5.41) is 0. The van der Waals surface area contributed by atoms with Crippen molar-refractivity contribution in [3.63, 3.8) is 0 Å². The van der Waals surface area contributed by atoms with E-state index in [9.17, 15) is 18.0 Å². The van der Waals surface area contributed by atoms with E-state index in [4.69, 9.17) is 4.74 Å². The first-order chi connectivity index (χ1) is 10.3. The zero-order valence-electron chi connectivity index (χ0n) is 12.0. The van der Waals surface area contributed by atoms with E-state index >= 15 is 0 Å². The van der Waals surface area contributed by atoms with Gasteiger partial charge < -0.3 is 4.74 Å². The van der Waals surface area contributed by atoms with Gasteiger partial charge in [0, 0.05) is 12.3 Å². The second kappa shape index (κ2) is 6.17. The van der Waals surface area contributed by atoms with Gasteiger partial charge in [0.05, 0.1) is 24.3 Å². The standard InChI is InChI=1S/C16H14F3NO2/c1-10(21)15(14-9-13(22-2)7-8-20-14)11-3-5-12(6-4-11)16(17,18)19/h3-9,15H,1-2H3. The van der Waals surface area contributed by atoms with Crippen molar-refractivity contribution in [1.29, 1.82) is 0 Å². The Morgan fingerprint density at radius 2 is 1.82 bits per heavy atom. The fraction of sp³-hybridized carbons (Fsp3) is 0.250. The normalized spacial score (nSPS) is 12.8. The van der Waals surface area contributed by atoms with Crippen LogP contribution in [0.15, 0.2) is 42.6 Å². The molecular formula is C16H14F3NO2. The Balaban J connectivity index is 2.42. The predicted octanol–water partition coefficient (Wildman–Crippen LogP) is 3.83. The van der Waals surface area contributed by atoms with E-state index in [0.717, 1.165) is 12.1 Å². The predicted molar refractivity (Wildman–Crippen MR) is 74.8 cm³/mol. The number of carbonyl (C=O) groups excluding carboxylic acids is 1. The number of hydrogen-bond donors (Lipinski definition) is 0. The summed E-state index contributed by atoms with van der Waals surface area (Å²) in [4.78, 5) is 16.1. The Morgan fingerprint density at radius 3 is 2.32 bits per heavy atom. The van der Waals surface area contributed by atoms with Crippen molar-refractivity contribution in [3.8, 4) is 5.75 Å². The first kappa shape index (κ1) is 16.0. The van der Waals surface area contributed by atoms with E-state index in [0.29, 0.717) is 17.0 Å². The molecule has 0 fully saturated rings. The summed E-state index contributed by atoms with van der Waals surface area (Å²) < 4.78 is 42.9. The monoisotopic (exact) mass is 309 g/mol. The number of ether oxygens (including phenoxy) is 1. The van der Waals surface area contributed by atoms with E-state index < -0.39 is 17.7 Å². The van der Waals surface area contributed by atoms with Crippen LogP contribution in [0.25, 0.3) is 0 Å². The number of rotatable bonds is 4. The lowest BCUT2D eigenvalue weighted by Crippen LogP contribution is -2.13. The number of hydrogen-bond acceptors (Lipinski definition) is 3. The largest absolute Gasteiger partial charge is 0.497 e. The summed E-state index contributed by atoms with van der Waals surface area (Å²) in [5.74, 6) is -0.402. The molecule has 0 radical (unpaired) electrons. The molecule has 0 saturated heterocycles. The van der Waals surface area contributed by atoms with Gasteiger partial charge in [0.1, 0.15) is 11.5 Å². The minimum Gasteiger partial charge on any atom is -0.497 e. The molecular weight excluding hydrogens is 295 g/mol. The maximum Gasteiger partial charge on any atom is 0.416 e. The van der Waals surface area contributed by atoms with Gasteiger partial charge in [0.15, 0.2) is 0 Å². The summed E-state index contributed by atoms with van der Waals surface area (Å²) in [6.45, 7) is 1.38. The summed E-state index contributed by atoms with van der Waals surface area (Å²) in [6, 6.07) is 7.76. The zero-order valence-corrected chi connectivity index (χ0v) is 12.0. The van der Waals surface area contributed by atoms with E-state index in [1.807, 2.05) is 0 Å². The van der Waals surface area contributed by atoms with Crippen molar-refractivity contribution in [2.75, 3.05) is 7.11 Å². The van der Waals surface area contributed by atoms with Crippen LogP contribution in [0.2, 0.25) is 0 Å². The van der Waals surface area contributed by atoms with Gasteiger partial charge in [0.2, 0.25) is 0 Å². The average Bonchev–Trinajstić information content (AvgIpc) is 2.47. The van der Waals surface area contributed by atoms with E-state index in [-0.39, 0.29) is 5.78 Å². The number of benzene rings is 1. The third-order valence-corrected chi connectivity index (χ3v) is 3.26. The lowest BCUT2D eigenvalue weighted by molar-refractivity contribution is -0.137. The molecule has 0 N–H and O–H groups in total. The van der Waals surface area contributed by atoms with Crippen molar-refractivity contribution in [1.82, 2.24) is 4.98 Å². The highest BCUT2D eigenvalue weighted by atomic mass is 19.4. The van der Waals surface area contributed by atoms with E-state index in [2.05, 4.69) is 4.98 Å². The Hall–Kier alpha value is -2.37. The number of ketones is 1. The number of pyridine rings is 1. The van der Waals surface area contributed by atoms with Gasteiger partial charge in [-0.3, -0.25) is 9.78 Å². The van der Waals surface area contributed by atoms with Gasteiger partial charge in [-0.2, -0.15) is 13.2 Å². The van der Waals surface area contributed by atoms with Crippen LogP contribution < -0.4 is 4.74 Å². The summed E-state index contributed by atoms with van der Waals surface area (Å²) in [5.41, 5.74) is 0.144. The average molecular weight is 309 g/mol. The molecule has 0 amide bonds. The van der Waals surface area contributed by atoms with Crippen LogP contribution in [0.1, 0.15) is 29.7 Å². The smallest absolute Gasteiger partial charge is 0.416 e. The van der Waals surface area contributed by atoms with Gasteiger partial charge in [-0.05, 0) is 30.7 Å².